The summed E-state index contributed by atoms with van der Waals surface area (Å²) in [5.41, 5.74) is 9.38. The second-order valence-corrected chi connectivity index (χ2v) is 1.03. The molecule has 0 saturated carbocycles. The van der Waals surface area contributed by atoms with E-state index < -0.39 is 5.95 Å². The van der Waals surface area contributed by atoms with E-state index in [1.54, 1.807) is 0 Å². The molecule has 3 heteroatoms. The van der Waals surface area contributed by atoms with Gasteiger partial charge in [0.1, 0.15) is 0 Å². The van der Waals surface area contributed by atoms with E-state index in [1.807, 2.05) is 0 Å². The van der Waals surface area contributed by atoms with Crippen molar-refractivity contribution in [2.24, 2.45) is 11.5 Å². The standard InChI is InChI=1S/C3H7FN2/c1-2(5)3(4)6/h5-6H2,1H3/b3-2-. The Morgan fingerprint density at radius 2 is 1.67 bits per heavy atom. The average Bonchev–Trinajstić information content (AvgIpc) is 1.36. The lowest BCUT2D eigenvalue weighted by atomic mass is 10.6. The van der Waals surface area contributed by atoms with E-state index in [9.17, 15) is 4.39 Å². The second-order valence-electron chi connectivity index (χ2n) is 1.03. The molecule has 4 N–H and O–H groups in total. The van der Waals surface area contributed by atoms with Crippen LogP contribution in [0.5, 0.6) is 0 Å². The SMILES string of the molecule is C/C(N)=C(/N)F. The van der Waals surface area contributed by atoms with Gasteiger partial charge < -0.3 is 11.5 Å². The molecule has 0 aromatic rings. The summed E-state index contributed by atoms with van der Waals surface area (Å²) >= 11 is 0. The van der Waals surface area contributed by atoms with E-state index in [2.05, 4.69) is 5.73 Å². The quantitative estimate of drug-likeness (QED) is 0.413. The topological polar surface area (TPSA) is 52.0 Å². The highest BCUT2D eigenvalue weighted by Crippen LogP contribution is 1.86. The molecule has 0 radical (unpaired) electrons. The average molecular weight is 90.1 g/mol. The van der Waals surface area contributed by atoms with Gasteiger partial charge in [-0.05, 0) is 6.92 Å². The molecule has 0 aromatic carbocycles. The van der Waals surface area contributed by atoms with Crippen molar-refractivity contribution < 1.29 is 4.39 Å². The molecule has 0 fully saturated rings. The minimum atomic E-state index is -0.796. The number of allylic oxidation sites excluding steroid dienone is 1. The molecule has 0 aliphatic heterocycles. The summed E-state index contributed by atoms with van der Waals surface area (Å²) in [6, 6.07) is 0. The van der Waals surface area contributed by atoms with Crippen LogP contribution in [-0.4, -0.2) is 0 Å². The number of halogens is 1. The van der Waals surface area contributed by atoms with Gasteiger partial charge in [-0.3, -0.25) is 0 Å². The van der Waals surface area contributed by atoms with E-state index >= 15 is 0 Å². The normalized spacial score (nSPS) is 13.7. The van der Waals surface area contributed by atoms with Crippen LogP contribution < -0.4 is 11.5 Å². The van der Waals surface area contributed by atoms with Crippen LogP contribution in [0.2, 0.25) is 0 Å². The van der Waals surface area contributed by atoms with Crippen LogP contribution in [0, 0.1) is 0 Å². The van der Waals surface area contributed by atoms with E-state index in [0.717, 1.165) is 0 Å². The van der Waals surface area contributed by atoms with Gasteiger partial charge in [0.15, 0.2) is 0 Å². The van der Waals surface area contributed by atoms with E-state index in [4.69, 9.17) is 5.73 Å². The van der Waals surface area contributed by atoms with E-state index in [0.29, 0.717) is 0 Å². The van der Waals surface area contributed by atoms with Crippen LogP contribution in [0.1, 0.15) is 6.92 Å². The minimum absolute atomic E-state index is 0.0370. The summed E-state index contributed by atoms with van der Waals surface area (Å²) in [5.74, 6) is -0.796. The Morgan fingerprint density at radius 1 is 1.50 bits per heavy atom. The minimum Gasteiger partial charge on any atom is -0.399 e. The third-order valence-electron chi connectivity index (χ3n) is 0.377. The van der Waals surface area contributed by atoms with Crippen molar-refractivity contribution in [3.63, 3.8) is 0 Å². The summed E-state index contributed by atoms with van der Waals surface area (Å²) in [4.78, 5) is 0. The van der Waals surface area contributed by atoms with E-state index in [-0.39, 0.29) is 5.70 Å². The molecule has 0 saturated heterocycles. The molecular formula is C3H7FN2. The van der Waals surface area contributed by atoms with Crippen molar-refractivity contribution in [3.8, 4) is 0 Å². The Kier molecular flexibility index (Phi) is 1.44. The maximum Gasteiger partial charge on any atom is 0.203 e. The second kappa shape index (κ2) is 1.64. The molecule has 0 atom stereocenters. The van der Waals surface area contributed by atoms with Crippen molar-refractivity contribution in [1.82, 2.24) is 0 Å². The summed E-state index contributed by atoms with van der Waals surface area (Å²) in [6.07, 6.45) is 0. The molecule has 0 rings (SSSR count). The predicted molar refractivity (Wildman–Crippen MR) is 22.2 cm³/mol. The van der Waals surface area contributed by atoms with Gasteiger partial charge in [-0.1, -0.05) is 0 Å². The third-order valence-corrected chi connectivity index (χ3v) is 0.377. The Bertz CT molecular complexity index is 58.9. The predicted octanol–water partition coefficient (Wildman–Crippen LogP) is 0.0623. The highest BCUT2D eigenvalue weighted by atomic mass is 19.1. The lowest BCUT2D eigenvalue weighted by Crippen LogP contribution is -2.00. The number of hydrogen-bond acceptors (Lipinski definition) is 2. The first-order chi connectivity index (χ1) is 2.64. The molecule has 0 aromatic heterocycles. The lowest BCUT2D eigenvalue weighted by molar-refractivity contribution is 0.612. The zero-order valence-corrected chi connectivity index (χ0v) is 3.53. The van der Waals surface area contributed by atoms with Gasteiger partial charge in [0.05, 0.1) is 5.70 Å². The maximum atomic E-state index is 11.4. The lowest BCUT2D eigenvalue weighted by Gasteiger charge is -1.84. The largest absolute Gasteiger partial charge is 0.399 e. The highest BCUT2D eigenvalue weighted by Gasteiger charge is 1.82. The van der Waals surface area contributed by atoms with Crippen molar-refractivity contribution in [2.75, 3.05) is 0 Å². The molecule has 0 aliphatic carbocycles. The number of hydrogen-bond donors (Lipinski definition) is 2. The van der Waals surface area contributed by atoms with Gasteiger partial charge in [0.25, 0.3) is 0 Å². The highest BCUT2D eigenvalue weighted by molar-refractivity contribution is 4.94. The third kappa shape index (κ3) is 1.58. The molecule has 36 valence electrons. The van der Waals surface area contributed by atoms with Crippen LogP contribution in [0.25, 0.3) is 0 Å². The maximum absolute atomic E-state index is 11.4. The van der Waals surface area contributed by atoms with Gasteiger partial charge in [-0.15, -0.1) is 0 Å². The first-order valence-electron chi connectivity index (χ1n) is 1.52. The van der Waals surface area contributed by atoms with Gasteiger partial charge in [-0.2, -0.15) is 4.39 Å². The Labute approximate surface area is 35.6 Å². The van der Waals surface area contributed by atoms with Gasteiger partial charge >= 0.3 is 0 Å². The molecule has 0 heterocycles. The fraction of sp³-hybridized carbons (Fsp3) is 0.333. The summed E-state index contributed by atoms with van der Waals surface area (Å²) < 4.78 is 11.4. The van der Waals surface area contributed by atoms with Crippen LogP contribution >= 0.6 is 0 Å². The fourth-order valence-corrected chi connectivity index (χ4v) is 0. The molecule has 0 amide bonds. The fourth-order valence-electron chi connectivity index (χ4n) is 0. The molecule has 6 heavy (non-hydrogen) atoms. The van der Waals surface area contributed by atoms with Crippen LogP contribution in [0.15, 0.2) is 11.6 Å². The Hall–Kier alpha value is -0.730. The molecule has 0 unspecified atom stereocenters. The monoisotopic (exact) mass is 90.1 g/mol. The van der Waals surface area contributed by atoms with Gasteiger partial charge in [0, 0.05) is 0 Å². The molecule has 0 aliphatic rings. The first kappa shape index (κ1) is 5.27. The molecule has 0 bridgehead atoms. The summed E-state index contributed by atoms with van der Waals surface area (Å²) in [7, 11) is 0. The van der Waals surface area contributed by atoms with Gasteiger partial charge in [0.2, 0.25) is 5.95 Å². The molecular weight excluding hydrogens is 83.0 g/mol. The number of rotatable bonds is 0. The van der Waals surface area contributed by atoms with Crippen molar-refractivity contribution in [3.05, 3.63) is 11.6 Å². The molecule has 0 spiro atoms. The smallest absolute Gasteiger partial charge is 0.203 e. The zero-order chi connectivity index (χ0) is 5.15. The van der Waals surface area contributed by atoms with Crippen molar-refractivity contribution in [1.29, 1.82) is 0 Å². The first-order valence-corrected chi connectivity index (χ1v) is 1.52. The van der Waals surface area contributed by atoms with Crippen LogP contribution in [-0.2, 0) is 0 Å². The summed E-state index contributed by atoms with van der Waals surface area (Å²) in [5, 5.41) is 0. The van der Waals surface area contributed by atoms with Crippen LogP contribution in [0.4, 0.5) is 4.39 Å². The Balaban J connectivity index is 3.68. The summed E-state index contributed by atoms with van der Waals surface area (Å²) in [6.45, 7) is 1.40. The Morgan fingerprint density at radius 3 is 1.67 bits per heavy atom. The van der Waals surface area contributed by atoms with Gasteiger partial charge in [-0.25, -0.2) is 0 Å². The zero-order valence-electron chi connectivity index (χ0n) is 3.53. The van der Waals surface area contributed by atoms with E-state index in [1.165, 1.54) is 6.92 Å². The van der Waals surface area contributed by atoms with Crippen molar-refractivity contribution in [2.45, 2.75) is 6.92 Å². The number of nitrogens with two attached hydrogens (primary N) is 2. The van der Waals surface area contributed by atoms with Crippen LogP contribution in [0.3, 0.4) is 0 Å². The molecule has 2 nitrogen and oxygen atoms in total. The van der Waals surface area contributed by atoms with Crippen molar-refractivity contribution >= 4 is 0 Å².